The van der Waals surface area contributed by atoms with E-state index in [1.807, 2.05) is 6.07 Å². The highest BCUT2D eigenvalue weighted by Crippen LogP contribution is 2.26. The van der Waals surface area contributed by atoms with E-state index >= 15 is 0 Å². The molecule has 92 valence electrons. The number of rotatable bonds is 3. The van der Waals surface area contributed by atoms with Crippen molar-refractivity contribution in [2.24, 2.45) is 0 Å². The minimum absolute atomic E-state index is 0.0741. The Morgan fingerprint density at radius 2 is 2.06 bits per heavy atom. The SMILES string of the molecule is CC(=O)CNC(=O)c1ncc2ccccc2c1O. The van der Waals surface area contributed by atoms with Crippen LogP contribution in [0.15, 0.2) is 30.5 Å². The van der Waals surface area contributed by atoms with Crippen LogP contribution in [0.3, 0.4) is 0 Å². The lowest BCUT2D eigenvalue weighted by molar-refractivity contribution is -0.116. The number of hydrogen-bond donors (Lipinski definition) is 2. The van der Waals surface area contributed by atoms with Crippen molar-refractivity contribution in [2.75, 3.05) is 6.54 Å². The molecule has 1 heterocycles. The Morgan fingerprint density at radius 1 is 1.33 bits per heavy atom. The number of nitrogens with zero attached hydrogens (tertiary/aromatic N) is 1. The lowest BCUT2D eigenvalue weighted by atomic mass is 10.1. The van der Waals surface area contributed by atoms with Crippen molar-refractivity contribution in [3.05, 3.63) is 36.2 Å². The molecule has 2 rings (SSSR count). The van der Waals surface area contributed by atoms with Gasteiger partial charge in [-0.1, -0.05) is 24.3 Å². The van der Waals surface area contributed by atoms with Crippen LogP contribution in [0.25, 0.3) is 10.8 Å². The molecule has 5 heteroatoms. The maximum Gasteiger partial charge on any atom is 0.274 e. The molecule has 0 saturated carbocycles. The van der Waals surface area contributed by atoms with Gasteiger partial charge in [-0.2, -0.15) is 0 Å². The van der Waals surface area contributed by atoms with Crippen LogP contribution >= 0.6 is 0 Å². The number of carbonyl (C=O) groups is 2. The van der Waals surface area contributed by atoms with Crippen molar-refractivity contribution < 1.29 is 14.7 Å². The summed E-state index contributed by atoms with van der Waals surface area (Å²) in [6.45, 7) is 1.29. The van der Waals surface area contributed by atoms with Crippen LogP contribution in [-0.2, 0) is 4.79 Å². The Morgan fingerprint density at radius 3 is 2.78 bits per heavy atom. The van der Waals surface area contributed by atoms with Gasteiger partial charge < -0.3 is 10.4 Å². The van der Waals surface area contributed by atoms with Crippen LogP contribution in [0.2, 0.25) is 0 Å². The van der Waals surface area contributed by atoms with Crippen molar-refractivity contribution in [3.63, 3.8) is 0 Å². The Labute approximate surface area is 103 Å². The topological polar surface area (TPSA) is 79.3 Å². The highest BCUT2D eigenvalue weighted by atomic mass is 16.3. The average Bonchev–Trinajstić information content (AvgIpc) is 2.37. The third kappa shape index (κ3) is 2.29. The van der Waals surface area contributed by atoms with Crippen molar-refractivity contribution in [3.8, 4) is 5.75 Å². The van der Waals surface area contributed by atoms with Crippen molar-refractivity contribution >= 4 is 22.5 Å². The summed E-state index contributed by atoms with van der Waals surface area (Å²) < 4.78 is 0. The predicted octanol–water partition coefficient (Wildman–Crippen LogP) is 1.26. The number of amides is 1. The number of hydrogen-bond acceptors (Lipinski definition) is 4. The fraction of sp³-hybridized carbons (Fsp3) is 0.154. The highest BCUT2D eigenvalue weighted by molar-refractivity contribution is 6.02. The van der Waals surface area contributed by atoms with E-state index in [0.29, 0.717) is 5.39 Å². The first kappa shape index (κ1) is 12.0. The molecule has 0 aliphatic rings. The second kappa shape index (κ2) is 4.83. The number of fused-ring (bicyclic) bond motifs is 1. The number of aromatic hydroxyl groups is 1. The number of Topliss-reactive ketones (excluding diaryl/α,β-unsaturated/α-hetero) is 1. The van der Waals surface area contributed by atoms with E-state index in [1.165, 1.54) is 13.1 Å². The summed E-state index contributed by atoms with van der Waals surface area (Å²) in [5.74, 6) is -0.897. The first-order valence-corrected chi connectivity index (χ1v) is 5.44. The Balaban J connectivity index is 2.37. The second-order valence-electron chi connectivity index (χ2n) is 3.93. The van der Waals surface area contributed by atoms with E-state index in [9.17, 15) is 14.7 Å². The van der Waals surface area contributed by atoms with Gasteiger partial charge >= 0.3 is 0 Å². The summed E-state index contributed by atoms with van der Waals surface area (Å²) in [6.07, 6.45) is 1.51. The molecule has 0 bridgehead atoms. The van der Waals surface area contributed by atoms with E-state index < -0.39 is 5.91 Å². The summed E-state index contributed by atoms with van der Waals surface area (Å²) >= 11 is 0. The molecular weight excluding hydrogens is 232 g/mol. The maximum absolute atomic E-state index is 11.7. The molecule has 0 radical (unpaired) electrons. The molecule has 1 aromatic carbocycles. The Kier molecular flexibility index (Phi) is 3.23. The molecule has 1 amide bonds. The van der Waals surface area contributed by atoms with E-state index in [-0.39, 0.29) is 23.8 Å². The molecule has 0 aliphatic carbocycles. The summed E-state index contributed by atoms with van der Waals surface area (Å²) in [5.41, 5.74) is -0.0741. The first-order valence-electron chi connectivity index (χ1n) is 5.44. The van der Waals surface area contributed by atoms with Gasteiger partial charge in [-0.05, 0) is 6.92 Å². The molecule has 0 unspecified atom stereocenters. The van der Waals surface area contributed by atoms with Crippen molar-refractivity contribution in [2.45, 2.75) is 6.92 Å². The maximum atomic E-state index is 11.7. The van der Waals surface area contributed by atoms with Crippen LogP contribution in [0.1, 0.15) is 17.4 Å². The van der Waals surface area contributed by atoms with E-state index in [2.05, 4.69) is 10.3 Å². The zero-order valence-electron chi connectivity index (χ0n) is 9.80. The third-order valence-electron chi connectivity index (χ3n) is 2.49. The molecular formula is C13H12N2O3. The lowest BCUT2D eigenvalue weighted by Gasteiger charge is -2.06. The third-order valence-corrected chi connectivity index (χ3v) is 2.49. The Hall–Kier alpha value is -2.43. The molecule has 5 nitrogen and oxygen atoms in total. The van der Waals surface area contributed by atoms with Crippen molar-refractivity contribution in [1.29, 1.82) is 0 Å². The molecule has 2 aromatic rings. The van der Waals surface area contributed by atoms with Gasteiger partial charge in [0.1, 0.15) is 5.78 Å². The van der Waals surface area contributed by atoms with Gasteiger partial charge in [0, 0.05) is 17.0 Å². The van der Waals surface area contributed by atoms with Crippen molar-refractivity contribution in [1.82, 2.24) is 10.3 Å². The van der Waals surface area contributed by atoms with Crippen LogP contribution in [-0.4, -0.2) is 28.3 Å². The van der Waals surface area contributed by atoms with Gasteiger partial charge in [0.2, 0.25) is 0 Å². The summed E-state index contributed by atoms with van der Waals surface area (Å²) in [6, 6.07) is 7.08. The van der Waals surface area contributed by atoms with Gasteiger partial charge in [0.05, 0.1) is 6.54 Å². The van der Waals surface area contributed by atoms with Gasteiger partial charge in [0.25, 0.3) is 5.91 Å². The van der Waals surface area contributed by atoms with E-state index in [1.54, 1.807) is 18.2 Å². The van der Waals surface area contributed by atoms with Crippen LogP contribution in [0.5, 0.6) is 5.75 Å². The fourth-order valence-electron chi connectivity index (χ4n) is 1.60. The number of nitrogens with one attached hydrogen (secondary N) is 1. The number of ketones is 1. The molecule has 0 saturated heterocycles. The molecule has 0 spiro atoms. The van der Waals surface area contributed by atoms with Crippen LogP contribution < -0.4 is 5.32 Å². The van der Waals surface area contributed by atoms with E-state index in [4.69, 9.17) is 0 Å². The summed E-state index contributed by atoms with van der Waals surface area (Å²) in [5, 5.41) is 13.7. The molecule has 0 aliphatic heterocycles. The predicted molar refractivity (Wildman–Crippen MR) is 66.4 cm³/mol. The van der Waals surface area contributed by atoms with Crippen LogP contribution in [0, 0.1) is 0 Å². The summed E-state index contributed by atoms with van der Waals surface area (Å²) in [7, 11) is 0. The van der Waals surface area contributed by atoms with Gasteiger partial charge in [-0.25, -0.2) is 4.98 Å². The largest absolute Gasteiger partial charge is 0.505 e. The molecule has 2 N–H and O–H groups in total. The Bertz CT molecular complexity index is 623. The average molecular weight is 244 g/mol. The fourth-order valence-corrected chi connectivity index (χ4v) is 1.60. The summed E-state index contributed by atoms with van der Waals surface area (Å²) in [4.78, 5) is 26.4. The lowest BCUT2D eigenvalue weighted by Crippen LogP contribution is -2.29. The zero-order valence-corrected chi connectivity index (χ0v) is 9.80. The standard InChI is InChI=1S/C13H12N2O3/c1-8(16)6-15-13(18)11-12(17)10-5-3-2-4-9(10)7-14-11/h2-5,7,17H,6H2,1H3,(H,15,18). The number of pyridine rings is 1. The smallest absolute Gasteiger partial charge is 0.274 e. The highest BCUT2D eigenvalue weighted by Gasteiger charge is 2.15. The van der Waals surface area contributed by atoms with Gasteiger partial charge in [-0.3, -0.25) is 9.59 Å². The van der Waals surface area contributed by atoms with Gasteiger partial charge in [0.15, 0.2) is 11.4 Å². The molecule has 0 fully saturated rings. The molecule has 0 atom stereocenters. The molecule has 18 heavy (non-hydrogen) atoms. The second-order valence-corrected chi connectivity index (χ2v) is 3.93. The normalized spacial score (nSPS) is 10.3. The first-order chi connectivity index (χ1) is 8.59. The molecule has 1 aromatic heterocycles. The number of benzene rings is 1. The van der Waals surface area contributed by atoms with E-state index in [0.717, 1.165) is 5.39 Å². The minimum atomic E-state index is -0.562. The van der Waals surface area contributed by atoms with Crippen LogP contribution in [0.4, 0.5) is 0 Å². The number of aromatic nitrogens is 1. The quantitative estimate of drug-likeness (QED) is 0.851. The zero-order chi connectivity index (χ0) is 13.1. The monoisotopic (exact) mass is 244 g/mol. The van der Waals surface area contributed by atoms with Gasteiger partial charge in [-0.15, -0.1) is 0 Å². The minimum Gasteiger partial charge on any atom is -0.505 e. The number of carbonyl (C=O) groups excluding carboxylic acids is 2.